The van der Waals surface area contributed by atoms with E-state index in [1.165, 1.54) is 49.3 Å². The lowest BCUT2D eigenvalue weighted by atomic mass is 9.95. The summed E-state index contributed by atoms with van der Waals surface area (Å²) in [5.41, 5.74) is 6.17. The second kappa shape index (κ2) is 8.50. The Kier molecular flexibility index (Phi) is 5.44. The van der Waals surface area contributed by atoms with Gasteiger partial charge in [-0.1, -0.05) is 12.1 Å². The first-order valence-corrected chi connectivity index (χ1v) is 11.1. The predicted octanol–water partition coefficient (Wildman–Crippen LogP) is 4.28. The fourth-order valence-corrected chi connectivity index (χ4v) is 4.44. The monoisotopic (exact) mass is 386 g/mol. The molecule has 2 fully saturated rings. The van der Waals surface area contributed by atoms with Gasteiger partial charge < -0.3 is 4.90 Å². The van der Waals surface area contributed by atoms with Crippen molar-refractivity contribution in [2.75, 3.05) is 44.2 Å². The van der Waals surface area contributed by atoms with E-state index in [4.69, 9.17) is 4.99 Å². The maximum absolute atomic E-state index is 4.80. The highest BCUT2D eigenvalue weighted by molar-refractivity contribution is 6.15. The zero-order chi connectivity index (χ0) is 19.5. The van der Waals surface area contributed by atoms with Crippen LogP contribution in [0.3, 0.4) is 0 Å². The number of pyridine rings is 1. The summed E-state index contributed by atoms with van der Waals surface area (Å²) in [6.07, 6.45) is 11.2. The molecule has 1 aliphatic carbocycles. The molecule has 2 aliphatic heterocycles. The topological polar surface area (TPSA) is 31.7 Å². The van der Waals surface area contributed by atoms with Gasteiger partial charge in [-0.15, -0.1) is 0 Å². The first-order valence-electron chi connectivity index (χ1n) is 11.1. The number of allylic oxidation sites excluding steroid dienone is 1. The van der Waals surface area contributed by atoms with Gasteiger partial charge >= 0.3 is 0 Å². The van der Waals surface area contributed by atoms with Crippen LogP contribution in [0.5, 0.6) is 0 Å². The van der Waals surface area contributed by atoms with Gasteiger partial charge in [0.15, 0.2) is 0 Å². The van der Waals surface area contributed by atoms with Gasteiger partial charge in [-0.05, 0) is 73.1 Å². The Morgan fingerprint density at radius 1 is 1.00 bits per heavy atom. The normalized spacial score (nSPS) is 22.0. The Bertz CT molecular complexity index is 873. The van der Waals surface area contributed by atoms with E-state index in [9.17, 15) is 0 Å². The van der Waals surface area contributed by atoms with E-state index in [2.05, 4.69) is 51.2 Å². The van der Waals surface area contributed by atoms with Crippen LogP contribution in [0, 0.1) is 5.92 Å². The van der Waals surface area contributed by atoms with E-state index in [0.717, 1.165) is 49.7 Å². The molecule has 0 radical (unpaired) electrons. The minimum atomic E-state index is 0.910. The van der Waals surface area contributed by atoms with Crippen molar-refractivity contribution in [2.45, 2.75) is 25.7 Å². The van der Waals surface area contributed by atoms with Gasteiger partial charge in [0.1, 0.15) is 0 Å². The van der Waals surface area contributed by atoms with E-state index in [0.29, 0.717) is 0 Å². The fraction of sp³-hybridized carbons (Fsp3) is 0.440. The first-order chi connectivity index (χ1) is 14.3. The summed E-state index contributed by atoms with van der Waals surface area (Å²) in [5.74, 6) is 0.994. The first kappa shape index (κ1) is 18.6. The zero-order valence-corrected chi connectivity index (χ0v) is 17.1. The Morgan fingerprint density at radius 2 is 1.83 bits per heavy atom. The molecule has 5 rings (SSSR count). The number of aromatic nitrogens is 1. The lowest BCUT2D eigenvalue weighted by molar-refractivity contribution is 0.248. The zero-order valence-electron chi connectivity index (χ0n) is 17.1. The van der Waals surface area contributed by atoms with E-state index in [-0.39, 0.29) is 0 Å². The summed E-state index contributed by atoms with van der Waals surface area (Å²) < 4.78 is 0. The third kappa shape index (κ3) is 4.59. The van der Waals surface area contributed by atoms with Gasteiger partial charge in [0, 0.05) is 62.9 Å². The molecule has 1 saturated heterocycles. The number of rotatable bonds is 5. The smallest absolute Gasteiger partial charge is 0.0694 e. The molecule has 29 heavy (non-hydrogen) atoms. The largest absolute Gasteiger partial charge is 0.369 e. The van der Waals surface area contributed by atoms with E-state index in [1.807, 2.05) is 18.5 Å². The van der Waals surface area contributed by atoms with Crippen LogP contribution in [0.1, 0.15) is 36.8 Å². The van der Waals surface area contributed by atoms with Crippen molar-refractivity contribution in [1.82, 2.24) is 9.88 Å². The summed E-state index contributed by atoms with van der Waals surface area (Å²) in [6, 6.07) is 13.2. The third-order valence-electron chi connectivity index (χ3n) is 6.30. The molecule has 4 heteroatoms. The number of benzene rings is 1. The number of piperazine rings is 1. The van der Waals surface area contributed by atoms with E-state index >= 15 is 0 Å². The lowest BCUT2D eigenvalue weighted by Crippen LogP contribution is -2.47. The van der Waals surface area contributed by atoms with Crippen LogP contribution in [-0.4, -0.2) is 54.9 Å². The van der Waals surface area contributed by atoms with Crippen LogP contribution < -0.4 is 4.90 Å². The molecule has 1 aromatic carbocycles. The third-order valence-corrected chi connectivity index (χ3v) is 6.30. The molecule has 2 aromatic rings. The van der Waals surface area contributed by atoms with Gasteiger partial charge in [0.05, 0.1) is 5.71 Å². The Balaban J connectivity index is 1.26. The van der Waals surface area contributed by atoms with Gasteiger partial charge in [-0.3, -0.25) is 14.9 Å². The Hall–Kier alpha value is -2.46. The van der Waals surface area contributed by atoms with Crippen molar-refractivity contribution in [2.24, 2.45) is 10.9 Å². The highest BCUT2D eigenvalue weighted by Crippen LogP contribution is 2.30. The van der Waals surface area contributed by atoms with E-state index < -0.39 is 0 Å². The van der Waals surface area contributed by atoms with Crippen molar-refractivity contribution in [3.63, 3.8) is 0 Å². The van der Waals surface area contributed by atoms with Crippen LogP contribution in [0.25, 0.3) is 6.08 Å². The molecule has 0 unspecified atom stereocenters. The molecule has 4 nitrogen and oxygen atoms in total. The van der Waals surface area contributed by atoms with Crippen LogP contribution in [0.15, 0.2) is 59.4 Å². The molecule has 150 valence electrons. The molecule has 1 aromatic heterocycles. The summed E-state index contributed by atoms with van der Waals surface area (Å²) in [6.45, 7) is 6.92. The van der Waals surface area contributed by atoms with Crippen LogP contribution in [0.2, 0.25) is 0 Å². The van der Waals surface area contributed by atoms with Crippen molar-refractivity contribution >= 4 is 17.5 Å². The molecule has 1 saturated carbocycles. The number of hydrogen-bond acceptors (Lipinski definition) is 4. The Morgan fingerprint density at radius 3 is 2.55 bits per heavy atom. The minimum absolute atomic E-state index is 0.910. The van der Waals surface area contributed by atoms with Crippen LogP contribution in [-0.2, 0) is 0 Å². The van der Waals surface area contributed by atoms with Gasteiger partial charge in [-0.25, -0.2) is 0 Å². The van der Waals surface area contributed by atoms with Crippen LogP contribution in [0.4, 0.5) is 5.69 Å². The molecule has 0 amide bonds. The lowest BCUT2D eigenvalue weighted by Gasteiger charge is -2.36. The Labute approximate surface area is 174 Å². The standard InChI is InChI=1S/C25H30N4/c1-4-23(18-26-11-1)25-22(3-2-12-27-25)17-20-7-9-24(10-8-20)29-15-13-28(14-16-29)19-21-5-6-21/h1,4,7-11,17-18,21H,2-3,5-6,12-16,19H2/b22-17+. The van der Waals surface area contributed by atoms with Gasteiger partial charge in [0.2, 0.25) is 0 Å². The molecule has 0 bridgehead atoms. The predicted molar refractivity (Wildman–Crippen MR) is 121 cm³/mol. The molecule has 0 N–H and O–H groups in total. The summed E-state index contributed by atoms with van der Waals surface area (Å²) in [5, 5.41) is 0. The number of hydrogen-bond donors (Lipinski definition) is 0. The van der Waals surface area contributed by atoms with Gasteiger partial charge in [-0.2, -0.15) is 0 Å². The van der Waals surface area contributed by atoms with Crippen molar-refractivity contribution < 1.29 is 0 Å². The second-order valence-electron chi connectivity index (χ2n) is 8.57. The SMILES string of the molecule is C(=C1/CCCN=C1c1cccnc1)/c1ccc(N2CCN(CC3CC3)CC2)cc1. The maximum Gasteiger partial charge on any atom is 0.0694 e. The average molecular weight is 387 g/mol. The maximum atomic E-state index is 4.80. The molecule has 3 aliphatic rings. The minimum Gasteiger partial charge on any atom is -0.369 e. The highest BCUT2D eigenvalue weighted by Gasteiger charge is 2.26. The van der Waals surface area contributed by atoms with Crippen molar-refractivity contribution in [1.29, 1.82) is 0 Å². The molecule has 0 spiro atoms. The van der Waals surface area contributed by atoms with Crippen molar-refractivity contribution in [3.8, 4) is 0 Å². The molecule has 3 heterocycles. The van der Waals surface area contributed by atoms with Crippen LogP contribution >= 0.6 is 0 Å². The summed E-state index contributed by atoms with van der Waals surface area (Å²) in [7, 11) is 0. The molecular formula is C25H30N4. The van der Waals surface area contributed by atoms with E-state index in [1.54, 1.807) is 0 Å². The quantitative estimate of drug-likeness (QED) is 0.769. The highest BCUT2D eigenvalue weighted by atomic mass is 15.3. The fourth-order valence-electron chi connectivity index (χ4n) is 4.44. The van der Waals surface area contributed by atoms with Gasteiger partial charge in [0.25, 0.3) is 0 Å². The average Bonchev–Trinajstić information content (AvgIpc) is 3.60. The summed E-state index contributed by atoms with van der Waals surface area (Å²) >= 11 is 0. The number of aliphatic imine (C=N–C) groups is 1. The molecule has 0 atom stereocenters. The number of anilines is 1. The summed E-state index contributed by atoms with van der Waals surface area (Å²) in [4.78, 5) is 14.2. The molecular weight excluding hydrogens is 356 g/mol. The van der Waals surface area contributed by atoms with Crippen molar-refractivity contribution in [3.05, 3.63) is 65.5 Å². The number of nitrogens with zero attached hydrogens (tertiary/aromatic N) is 4. The second-order valence-corrected chi connectivity index (χ2v) is 8.57.